The second kappa shape index (κ2) is 6.80. The Morgan fingerprint density at radius 3 is 1.45 bits per heavy atom. The number of rotatable bonds is 4. The SMILES string of the molecule is SCc1cccnc1-c1nnc(-c2ncccc2CS)nn1. The Morgan fingerprint density at radius 2 is 1.09 bits per heavy atom. The molecule has 0 saturated heterocycles. The molecule has 0 N–H and O–H groups in total. The molecule has 6 nitrogen and oxygen atoms in total. The van der Waals surface area contributed by atoms with Crippen LogP contribution in [-0.4, -0.2) is 30.4 Å². The van der Waals surface area contributed by atoms with Crippen LogP contribution >= 0.6 is 25.3 Å². The molecule has 8 heteroatoms. The molecule has 3 aromatic heterocycles. The average Bonchev–Trinajstić information content (AvgIpc) is 2.62. The fourth-order valence-corrected chi connectivity index (χ4v) is 2.46. The zero-order valence-electron chi connectivity index (χ0n) is 11.5. The topological polar surface area (TPSA) is 77.3 Å². The van der Waals surface area contributed by atoms with E-state index < -0.39 is 0 Å². The molecule has 110 valence electrons. The summed E-state index contributed by atoms with van der Waals surface area (Å²) in [6.45, 7) is 0. The first-order valence-corrected chi connectivity index (χ1v) is 7.77. The second-order valence-corrected chi connectivity index (χ2v) is 5.02. The third-order valence-electron chi connectivity index (χ3n) is 3.03. The number of hydrogen-bond donors (Lipinski definition) is 2. The lowest BCUT2D eigenvalue weighted by molar-refractivity contribution is 0.861. The molecule has 0 atom stereocenters. The summed E-state index contributed by atoms with van der Waals surface area (Å²) in [4.78, 5) is 8.55. The Hall–Kier alpha value is -2.06. The van der Waals surface area contributed by atoms with Gasteiger partial charge in [0.05, 0.1) is 0 Å². The molecular formula is C14H12N6S2. The van der Waals surface area contributed by atoms with Gasteiger partial charge in [-0.25, -0.2) is 0 Å². The molecule has 0 spiro atoms. The van der Waals surface area contributed by atoms with E-state index in [0.29, 0.717) is 34.5 Å². The van der Waals surface area contributed by atoms with E-state index in [1.54, 1.807) is 12.4 Å². The first-order chi connectivity index (χ1) is 10.8. The van der Waals surface area contributed by atoms with E-state index in [9.17, 15) is 0 Å². The summed E-state index contributed by atoms with van der Waals surface area (Å²) in [7, 11) is 0. The molecule has 3 aromatic rings. The van der Waals surface area contributed by atoms with Gasteiger partial charge in [0, 0.05) is 23.9 Å². The van der Waals surface area contributed by atoms with Gasteiger partial charge in [-0.2, -0.15) is 25.3 Å². The normalized spacial score (nSPS) is 10.6. The minimum atomic E-state index is 0.372. The van der Waals surface area contributed by atoms with Gasteiger partial charge in [0.1, 0.15) is 11.4 Å². The van der Waals surface area contributed by atoms with Crippen LogP contribution in [0.1, 0.15) is 11.1 Å². The Labute approximate surface area is 138 Å². The summed E-state index contributed by atoms with van der Waals surface area (Å²) >= 11 is 8.56. The maximum absolute atomic E-state index is 4.28. The molecule has 3 rings (SSSR count). The predicted molar refractivity (Wildman–Crippen MR) is 89.5 cm³/mol. The van der Waals surface area contributed by atoms with Gasteiger partial charge in [-0.15, -0.1) is 20.4 Å². The van der Waals surface area contributed by atoms with E-state index in [1.807, 2.05) is 24.3 Å². The highest BCUT2D eigenvalue weighted by Gasteiger charge is 2.13. The summed E-state index contributed by atoms with van der Waals surface area (Å²) < 4.78 is 0. The summed E-state index contributed by atoms with van der Waals surface area (Å²) in [5, 5.41) is 16.5. The average molecular weight is 328 g/mol. The molecule has 22 heavy (non-hydrogen) atoms. The lowest BCUT2D eigenvalue weighted by Gasteiger charge is -2.05. The van der Waals surface area contributed by atoms with Crippen molar-refractivity contribution in [1.82, 2.24) is 30.4 Å². The van der Waals surface area contributed by atoms with Gasteiger partial charge < -0.3 is 0 Å². The van der Waals surface area contributed by atoms with Crippen LogP contribution in [0.15, 0.2) is 36.7 Å². The van der Waals surface area contributed by atoms with Crippen LogP contribution in [0.5, 0.6) is 0 Å². The largest absolute Gasteiger partial charge is 0.252 e. The van der Waals surface area contributed by atoms with E-state index in [4.69, 9.17) is 0 Å². The van der Waals surface area contributed by atoms with Crippen molar-refractivity contribution in [1.29, 1.82) is 0 Å². The van der Waals surface area contributed by atoms with Crippen LogP contribution < -0.4 is 0 Å². The van der Waals surface area contributed by atoms with Crippen LogP contribution in [-0.2, 0) is 11.5 Å². The fourth-order valence-electron chi connectivity index (χ4n) is 1.95. The highest BCUT2D eigenvalue weighted by atomic mass is 32.1. The van der Waals surface area contributed by atoms with Gasteiger partial charge in [0.2, 0.25) is 11.6 Å². The molecule has 0 aliphatic heterocycles. The lowest BCUT2D eigenvalue weighted by Crippen LogP contribution is -2.04. The number of hydrogen-bond acceptors (Lipinski definition) is 8. The van der Waals surface area contributed by atoms with E-state index in [1.165, 1.54) is 0 Å². The minimum Gasteiger partial charge on any atom is -0.252 e. The Kier molecular flexibility index (Phi) is 4.59. The maximum Gasteiger partial charge on any atom is 0.222 e. The van der Waals surface area contributed by atoms with E-state index >= 15 is 0 Å². The second-order valence-electron chi connectivity index (χ2n) is 4.39. The Morgan fingerprint density at radius 1 is 0.682 bits per heavy atom. The van der Waals surface area contributed by atoms with Crippen LogP contribution in [0.4, 0.5) is 0 Å². The summed E-state index contributed by atoms with van der Waals surface area (Å²) in [5.41, 5.74) is 3.13. The quantitative estimate of drug-likeness (QED) is 0.715. The molecule has 0 fully saturated rings. The fraction of sp³-hybridized carbons (Fsp3) is 0.143. The third-order valence-corrected chi connectivity index (χ3v) is 3.71. The summed E-state index contributed by atoms with van der Waals surface area (Å²) in [6, 6.07) is 7.53. The lowest BCUT2D eigenvalue weighted by atomic mass is 10.2. The summed E-state index contributed by atoms with van der Waals surface area (Å²) in [5.74, 6) is 1.82. The van der Waals surface area contributed by atoms with Crippen molar-refractivity contribution >= 4 is 25.3 Å². The Bertz CT molecular complexity index is 712. The molecular weight excluding hydrogens is 316 g/mol. The van der Waals surface area contributed by atoms with Crippen molar-refractivity contribution in [3.8, 4) is 23.0 Å². The predicted octanol–water partition coefficient (Wildman–Crippen LogP) is 2.25. The van der Waals surface area contributed by atoms with Crippen molar-refractivity contribution < 1.29 is 0 Å². The number of thiol groups is 2. The zero-order chi connectivity index (χ0) is 15.4. The van der Waals surface area contributed by atoms with Crippen molar-refractivity contribution in [3.63, 3.8) is 0 Å². The van der Waals surface area contributed by atoms with E-state index in [2.05, 4.69) is 55.6 Å². The molecule has 0 radical (unpaired) electrons. The Balaban J connectivity index is 2.00. The van der Waals surface area contributed by atoms with Crippen LogP contribution in [0.2, 0.25) is 0 Å². The van der Waals surface area contributed by atoms with Crippen molar-refractivity contribution in [3.05, 3.63) is 47.8 Å². The first-order valence-electron chi connectivity index (χ1n) is 6.51. The molecule has 0 aromatic carbocycles. The van der Waals surface area contributed by atoms with Crippen molar-refractivity contribution in [2.75, 3.05) is 0 Å². The zero-order valence-corrected chi connectivity index (χ0v) is 13.2. The third kappa shape index (κ3) is 2.93. The van der Waals surface area contributed by atoms with Crippen LogP contribution in [0.3, 0.4) is 0 Å². The van der Waals surface area contributed by atoms with Crippen LogP contribution in [0, 0.1) is 0 Å². The van der Waals surface area contributed by atoms with E-state index in [-0.39, 0.29) is 0 Å². The standard InChI is InChI=1S/C14H12N6S2/c21-7-9-3-1-5-15-11(9)13-17-19-14(20-18-13)12-10(8-22)4-2-6-16-12/h1-6,21-22H,7-8H2. The van der Waals surface area contributed by atoms with E-state index in [0.717, 1.165) is 11.1 Å². The molecule has 0 aliphatic rings. The number of aromatic nitrogens is 6. The highest BCUT2D eigenvalue weighted by molar-refractivity contribution is 7.79. The number of nitrogens with zero attached hydrogens (tertiary/aromatic N) is 6. The monoisotopic (exact) mass is 328 g/mol. The van der Waals surface area contributed by atoms with Gasteiger partial charge >= 0.3 is 0 Å². The van der Waals surface area contributed by atoms with Gasteiger partial charge in [-0.3, -0.25) is 9.97 Å². The van der Waals surface area contributed by atoms with Crippen LogP contribution in [0.25, 0.3) is 23.0 Å². The first kappa shape index (κ1) is 14.9. The molecule has 0 aliphatic carbocycles. The maximum atomic E-state index is 4.28. The van der Waals surface area contributed by atoms with Crippen molar-refractivity contribution in [2.45, 2.75) is 11.5 Å². The molecule has 0 bridgehead atoms. The molecule has 0 unspecified atom stereocenters. The molecule has 0 amide bonds. The minimum absolute atomic E-state index is 0.372. The molecule has 0 saturated carbocycles. The summed E-state index contributed by atoms with van der Waals surface area (Å²) in [6.07, 6.45) is 3.36. The van der Waals surface area contributed by atoms with Gasteiger partial charge in [-0.05, 0) is 23.3 Å². The smallest absolute Gasteiger partial charge is 0.222 e. The highest BCUT2D eigenvalue weighted by Crippen LogP contribution is 2.20. The van der Waals surface area contributed by atoms with Gasteiger partial charge in [0.25, 0.3) is 0 Å². The molecule has 3 heterocycles. The number of pyridine rings is 2. The van der Waals surface area contributed by atoms with Gasteiger partial charge in [0.15, 0.2) is 0 Å². The van der Waals surface area contributed by atoms with Gasteiger partial charge in [-0.1, -0.05) is 12.1 Å². The van der Waals surface area contributed by atoms with Crippen molar-refractivity contribution in [2.24, 2.45) is 0 Å².